The number of carboxylic acid groups (broad SMARTS) is 1. The van der Waals surface area contributed by atoms with Crippen LogP contribution in [0.1, 0.15) is 23.8 Å². The molecule has 1 atom stereocenters. The Balaban J connectivity index is 2.57. The summed E-state index contributed by atoms with van der Waals surface area (Å²) in [5.41, 5.74) is 0.927. The fourth-order valence-corrected chi connectivity index (χ4v) is 1.42. The van der Waals surface area contributed by atoms with Crippen LogP contribution < -0.4 is 5.32 Å². The second-order valence-electron chi connectivity index (χ2n) is 4.01. The smallest absolute Gasteiger partial charge is 0.356 e. The van der Waals surface area contributed by atoms with Crippen LogP contribution >= 0.6 is 0 Å². The SMILES string of the molecule is COC(=O)c1cc(NCC(C)CC(=O)O)ccn1. The molecular weight excluding hydrogens is 236 g/mol. The molecule has 1 aromatic heterocycles. The van der Waals surface area contributed by atoms with Crippen molar-refractivity contribution >= 4 is 17.6 Å². The highest BCUT2D eigenvalue weighted by atomic mass is 16.5. The highest BCUT2D eigenvalue weighted by molar-refractivity contribution is 5.88. The van der Waals surface area contributed by atoms with E-state index in [1.807, 2.05) is 6.92 Å². The Kier molecular flexibility index (Phi) is 5.10. The number of rotatable bonds is 6. The Morgan fingerprint density at radius 1 is 1.56 bits per heavy atom. The molecule has 0 aliphatic rings. The van der Waals surface area contributed by atoms with E-state index in [0.29, 0.717) is 12.2 Å². The molecular formula is C12H16N2O4. The van der Waals surface area contributed by atoms with Crippen LogP contribution in [0, 0.1) is 5.92 Å². The first kappa shape index (κ1) is 14.0. The van der Waals surface area contributed by atoms with E-state index in [1.165, 1.54) is 13.3 Å². The highest BCUT2D eigenvalue weighted by Gasteiger charge is 2.09. The monoisotopic (exact) mass is 252 g/mol. The van der Waals surface area contributed by atoms with Gasteiger partial charge in [-0.1, -0.05) is 6.92 Å². The number of anilines is 1. The van der Waals surface area contributed by atoms with Crippen LogP contribution in [0.15, 0.2) is 18.3 Å². The van der Waals surface area contributed by atoms with Crippen molar-refractivity contribution in [2.75, 3.05) is 19.0 Å². The third-order valence-electron chi connectivity index (χ3n) is 2.33. The topological polar surface area (TPSA) is 88.5 Å². The van der Waals surface area contributed by atoms with Crippen LogP contribution in [0.5, 0.6) is 0 Å². The number of nitrogens with one attached hydrogen (secondary N) is 1. The molecule has 0 aromatic carbocycles. The Bertz CT molecular complexity index is 434. The molecule has 0 fully saturated rings. The van der Waals surface area contributed by atoms with Crippen molar-refractivity contribution in [3.8, 4) is 0 Å². The van der Waals surface area contributed by atoms with Crippen LogP contribution in [0.25, 0.3) is 0 Å². The van der Waals surface area contributed by atoms with E-state index >= 15 is 0 Å². The van der Waals surface area contributed by atoms with E-state index in [1.54, 1.807) is 12.1 Å². The van der Waals surface area contributed by atoms with Gasteiger partial charge in [0.15, 0.2) is 0 Å². The zero-order chi connectivity index (χ0) is 13.5. The van der Waals surface area contributed by atoms with Gasteiger partial charge in [0.05, 0.1) is 7.11 Å². The van der Waals surface area contributed by atoms with Crippen LogP contribution in [0.4, 0.5) is 5.69 Å². The maximum Gasteiger partial charge on any atom is 0.356 e. The number of aliphatic carboxylic acids is 1. The fraction of sp³-hybridized carbons (Fsp3) is 0.417. The molecule has 18 heavy (non-hydrogen) atoms. The second-order valence-corrected chi connectivity index (χ2v) is 4.01. The van der Waals surface area contributed by atoms with Crippen LogP contribution in [0.2, 0.25) is 0 Å². The minimum Gasteiger partial charge on any atom is -0.481 e. The van der Waals surface area contributed by atoms with Crippen LogP contribution in [-0.4, -0.2) is 35.7 Å². The molecule has 0 aliphatic carbocycles. The molecule has 0 amide bonds. The summed E-state index contributed by atoms with van der Waals surface area (Å²) in [6, 6.07) is 3.28. The van der Waals surface area contributed by atoms with Gasteiger partial charge in [-0.15, -0.1) is 0 Å². The first-order chi connectivity index (χ1) is 8.52. The van der Waals surface area contributed by atoms with Crippen molar-refractivity contribution in [3.63, 3.8) is 0 Å². The normalized spacial score (nSPS) is 11.7. The average Bonchev–Trinajstić information content (AvgIpc) is 2.35. The van der Waals surface area contributed by atoms with Crippen LogP contribution in [0.3, 0.4) is 0 Å². The molecule has 0 bridgehead atoms. The summed E-state index contributed by atoms with van der Waals surface area (Å²) in [4.78, 5) is 25.6. The Morgan fingerprint density at radius 3 is 2.89 bits per heavy atom. The molecule has 2 N–H and O–H groups in total. The first-order valence-electron chi connectivity index (χ1n) is 5.53. The quantitative estimate of drug-likeness (QED) is 0.744. The van der Waals surface area contributed by atoms with Gasteiger partial charge < -0.3 is 15.2 Å². The lowest BCUT2D eigenvalue weighted by atomic mass is 10.1. The number of ether oxygens (including phenoxy) is 1. The van der Waals surface area contributed by atoms with Crippen molar-refractivity contribution in [1.29, 1.82) is 0 Å². The molecule has 0 aliphatic heterocycles. The maximum atomic E-state index is 11.3. The number of carbonyl (C=O) groups excluding carboxylic acids is 1. The second kappa shape index (κ2) is 6.58. The lowest BCUT2D eigenvalue weighted by Gasteiger charge is -2.11. The molecule has 0 radical (unpaired) electrons. The molecule has 1 unspecified atom stereocenters. The summed E-state index contributed by atoms with van der Waals surface area (Å²) in [7, 11) is 1.29. The number of hydrogen-bond donors (Lipinski definition) is 2. The number of nitrogens with zero attached hydrogens (tertiary/aromatic N) is 1. The van der Waals surface area contributed by atoms with Crippen molar-refractivity contribution in [1.82, 2.24) is 4.98 Å². The number of esters is 1. The van der Waals surface area contributed by atoms with E-state index in [9.17, 15) is 9.59 Å². The fourth-order valence-electron chi connectivity index (χ4n) is 1.42. The predicted octanol–water partition coefficient (Wildman–Crippen LogP) is 1.39. The number of carbonyl (C=O) groups is 2. The maximum absolute atomic E-state index is 11.3. The highest BCUT2D eigenvalue weighted by Crippen LogP contribution is 2.10. The summed E-state index contributed by atoms with van der Waals surface area (Å²) in [5, 5.41) is 11.7. The van der Waals surface area contributed by atoms with Crippen molar-refractivity contribution in [2.24, 2.45) is 5.92 Å². The van der Waals surface area contributed by atoms with Gasteiger partial charge in [0.25, 0.3) is 0 Å². The molecule has 6 heteroatoms. The Morgan fingerprint density at radius 2 is 2.28 bits per heavy atom. The lowest BCUT2D eigenvalue weighted by molar-refractivity contribution is -0.137. The number of hydrogen-bond acceptors (Lipinski definition) is 5. The summed E-state index contributed by atoms with van der Waals surface area (Å²) in [6.45, 7) is 2.35. The molecule has 0 saturated heterocycles. The van der Waals surface area contributed by atoms with Gasteiger partial charge in [0.2, 0.25) is 0 Å². The Hall–Kier alpha value is -2.11. The van der Waals surface area contributed by atoms with Gasteiger partial charge in [0, 0.05) is 24.8 Å². The molecule has 1 heterocycles. The van der Waals surface area contributed by atoms with Gasteiger partial charge in [0.1, 0.15) is 5.69 Å². The number of pyridine rings is 1. The number of methoxy groups -OCH3 is 1. The summed E-state index contributed by atoms with van der Waals surface area (Å²) in [6.07, 6.45) is 1.60. The van der Waals surface area contributed by atoms with Gasteiger partial charge >= 0.3 is 11.9 Å². The zero-order valence-corrected chi connectivity index (χ0v) is 10.3. The minimum atomic E-state index is -0.825. The summed E-state index contributed by atoms with van der Waals surface area (Å²) >= 11 is 0. The van der Waals surface area contributed by atoms with Gasteiger partial charge in [-0.25, -0.2) is 9.78 Å². The largest absolute Gasteiger partial charge is 0.481 e. The Labute approximate surface area is 105 Å². The van der Waals surface area contributed by atoms with Crippen molar-refractivity contribution in [3.05, 3.63) is 24.0 Å². The summed E-state index contributed by atoms with van der Waals surface area (Å²) in [5.74, 6) is -1.33. The standard InChI is InChI=1S/C12H16N2O4/c1-8(5-11(15)16)7-14-9-3-4-13-10(6-9)12(17)18-2/h3-4,6,8H,5,7H2,1-2H3,(H,13,14)(H,15,16). The van der Waals surface area contributed by atoms with Crippen LogP contribution in [-0.2, 0) is 9.53 Å². The molecule has 6 nitrogen and oxygen atoms in total. The first-order valence-corrected chi connectivity index (χ1v) is 5.53. The van der Waals surface area contributed by atoms with E-state index in [2.05, 4.69) is 15.0 Å². The number of aromatic nitrogens is 1. The molecule has 0 spiro atoms. The average molecular weight is 252 g/mol. The summed E-state index contributed by atoms with van der Waals surface area (Å²) < 4.78 is 4.56. The molecule has 1 rings (SSSR count). The molecule has 0 saturated carbocycles. The van der Waals surface area contributed by atoms with Crippen molar-refractivity contribution in [2.45, 2.75) is 13.3 Å². The zero-order valence-electron chi connectivity index (χ0n) is 10.3. The molecule has 98 valence electrons. The van der Waals surface area contributed by atoms with Gasteiger partial charge in [-0.2, -0.15) is 0 Å². The van der Waals surface area contributed by atoms with Gasteiger partial charge in [-0.05, 0) is 18.1 Å². The van der Waals surface area contributed by atoms with E-state index < -0.39 is 11.9 Å². The lowest BCUT2D eigenvalue weighted by Crippen LogP contribution is -2.15. The molecule has 1 aromatic rings. The van der Waals surface area contributed by atoms with E-state index in [0.717, 1.165) is 0 Å². The van der Waals surface area contributed by atoms with E-state index in [4.69, 9.17) is 5.11 Å². The predicted molar refractivity (Wildman–Crippen MR) is 65.5 cm³/mol. The number of carboxylic acids is 1. The minimum absolute atomic E-state index is 0.00255. The van der Waals surface area contributed by atoms with E-state index in [-0.39, 0.29) is 18.0 Å². The third-order valence-corrected chi connectivity index (χ3v) is 2.33. The van der Waals surface area contributed by atoms with Crippen molar-refractivity contribution < 1.29 is 19.4 Å². The van der Waals surface area contributed by atoms with Gasteiger partial charge in [-0.3, -0.25) is 4.79 Å². The third kappa shape index (κ3) is 4.40.